The molecule has 1 aromatic carbocycles. The van der Waals surface area contributed by atoms with E-state index in [-0.39, 0.29) is 21.9 Å². The second kappa shape index (κ2) is 5.17. The number of nitrogens with zero attached hydrogens (tertiary/aromatic N) is 1. The first-order chi connectivity index (χ1) is 9.74. The first-order valence-corrected chi connectivity index (χ1v) is 7.41. The summed E-state index contributed by atoms with van der Waals surface area (Å²) < 4.78 is 46.6. The van der Waals surface area contributed by atoms with Crippen molar-refractivity contribution in [2.24, 2.45) is 0 Å². The smallest absolute Gasteiger partial charge is 0.374 e. The fraction of sp³-hybridized carbons (Fsp3) is 0.167. The molecule has 0 radical (unpaired) electrons. The van der Waals surface area contributed by atoms with Crippen molar-refractivity contribution in [3.8, 4) is 17.0 Å². The highest BCUT2D eigenvalue weighted by Gasteiger charge is 2.23. The van der Waals surface area contributed by atoms with E-state index in [0.29, 0.717) is 0 Å². The highest BCUT2D eigenvalue weighted by atomic mass is 32.2. The van der Waals surface area contributed by atoms with Crippen LogP contribution in [-0.2, 0) is 9.84 Å². The normalized spacial score (nSPS) is 11.4. The fourth-order valence-electron chi connectivity index (χ4n) is 1.75. The molecule has 1 heterocycles. The van der Waals surface area contributed by atoms with E-state index < -0.39 is 27.4 Å². The maximum Gasteiger partial charge on any atom is 0.374 e. The van der Waals surface area contributed by atoms with Crippen LogP contribution in [0.3, 0.4) is 0 Å². The number of rotatable bonds is 4. The monoisotopic (exact) mass is 315 g/mol. The summed E-state index contributed by atoms with van der Waals surface area (Å²) in [5, 5.41) is 12.3. The predicted molar refractivity (Wildman–Crippen MR) is 68.5 cm³/mol. The minimum Gasteiger partial charge on any atom is -0.495 e. The fourth-order valence-corrected chi connectivity index (χ4v) is 2.60. The maximum atomic E-state index is 13.6. The van der Waals surface area contributed by atoms with Gasteiger partial charge in [-0.1, -0.05) is 5.16 Å². The van der Waals surface area contributed by atoms with Gasteiger partial charge in [0.25, 0.3) is 0 Å². The van der Waals surface area contributed by atoms with Gasteiger partial charge < -0.3 is 14.4 Å². The van der Waals surface area contributed by atoms with E-state index in [9.17, 15) is 17.6 Å². The molecule has 0 bridgehead atoms. The number of halogens is 1. The molecule has 0 amide bonds. The van der Waals surface area contributed by atoms with Gasteiger partial charge in [0.15, 0.2) is 9.84 Å². The highest BCUT2D eigenvalue weighted by molar-refractivity contribution is 7.90. The molecule has 112 valence electrons. The Morgan fingerprint density at radius 3 is 2.52 bits per heavy atom. The number of methoxy groups -OCH3 is 1. The summed E-state index contributed by atoms with van der Waals surface area (Å²) in [5.74, 6) is -2.78. The van der Waals surface area contributed by atoms with Crippen LogP contribution in [-0.4, -0.2) is 38.0 Å². The van der Waals surface area contributed by atoms with E-state index in [4.69, 9.17) is 9.84 Å². The van der Waals surface area contributed by atoms with Gasteiger partial charge in [0.2, 0.25) is 5.76 Å². The minimum absolute atomic E-state index is 0.0193. The number of carboxylic acid groups (broad SMARTS) is 1. The Kier molecular flexibility index (Phi) is 3.69. The molecule has 21 heavy (non-hydrogen) atoms. The zero-order chi connectivity index (χ0) is 15.8. The number of ether oxygens (including phenoxy) is 1. The van der Waals surface area contributed by atoms with Crippen molar-refractivity contribution in [1.29, 1.82) is 0 Å². The van der Waals surface area contributed by atoms with Gasteiger partial charge in [0.05, 0.1) is 12.7 Å². The number of aromatic nitrogens is 1. The first-order valence-electron chi connectivity index (χ1n) is 5.52. The number of carboxylic acids is 1. The van der Waals surface area contributed by atoms with E-state index in [2.05, 4.69) is 9.68 Å². The molecule has 1 N–H and O–H groups in total. The predicted octanol–water partition coefficient (Wildman–Crippen LogP) is 1.59. The zero-order valence-corrected chi connectivity index (χ0v) is 11.8. The van der Waals surface area contributed by atoms with E-state index in [1.165, 1.54) is 7.11 Å². The summed E-state index contributed by atoms with van der Waals surface area (Å²) in [4.78, 5) is 10.4. The first kappa shape index (κ1) is 15.0. The Hall–Kier alpha value is -2.42. The lowest BCUT2D eigenvalue weighted by atomic mass is 10.1. The summed E-state index contributed by atoms with van der Waals surface area (Å²) in [6.45, 7) is 0. The Balaban J connectivity index is 2.73. The van der Waals surface area contributed by atoms with Crippen molar-refractivity contribution < 1.29 is 32.0 Å². The van der Waals surface area contributed by atoms with Crippen LogP contribution in [0.1, 0.15) is 10.6 Å². The van der Waals surface area contributed by atoms with Gasteiger partial charge in [-0.2, -0.15) is 0 Å². The average molecular weight is 315 g/mol. The van der Waals surface area contributed by atoms with Crippen molar-refractivity contribution in [2.75, 3.05) is 13.4 Å². The quantitative estimate of drug-likeness (QED) is 0.913. The van der Waals surface area contributed by atoms with E-state index in [1.807, 2.05) is 0 Å². The lowest BCUT2D eigenvalue weighted by molar-refractivity contribution is 0.0652. The summed E-state index contributed by atoms with van der Waals surface area (Å²) in [6, 6.07) is 2.85. The van der Waals surface area contributed by atoms with Crippen LogP contribution in [0, 0.1) is 5.82 Å². The second-order valence-corrected chi connectivity index (χ2v) is 6.12. The molecule has 2 aromatic rings. The molecule has 0 saturated heterocycles. The Morgan fingerprint density at radius 2 is 2.05 bits per heavy atom. The molecule has 0 aliphatic carbocycles. The molecule has 0 spiro atoms. The van der Waals surface area contributed by atoms with Gasteiger partial charge in [-0.05, 0) is 12.1 Å². The SMILES string of the molecule is COc1c(-c2cc(C(=O)O)on2)cc(F)cc1S(C)(=O)=O. The third-order valence-electron chi connectivity index (χ3n) is 2.62. The minimum atomic E-state index is -3.75. The molecular weight excluding hydrogens is 305 g/mol. The van der Waals surface area contributed by atoms with Crippen molar-refractivity contribution >= 4 is 15.8 Å². The van der Waals surface area contributed by atoms with Crippen LogP contribution in [0.4, 0.5) is 4.39 Å². The van der Waals surface area contributed by atoms with Crippen LogP contribution in [0.2, 0.25) is 0 Å². The Bertz CT molecular complexity index is 811. The average Bonchev–Trinajstić information content (AvgIpc) is 2.86. The molecule has 0 aliphatic heterocycles. The van der Waals surface area contributed by atoms with Gasteiger partial charge in [0.1, 0.15) is 22.2 Å². The Morgan fingerprint density at radius 1 is 1.38 bits per heavy atom. The third-order valence-corrected chi connectivity index (χ3v) is 3.72. The van der Waals surface area contributed by atoms with Gasteiger partial charge >= 0.3 is 5.97 Å². The van der Waals surface area contributed by atoms with Crippen molar-refractivity contribution in [3.05, 3.63) is 29.8 Å². The number of hydrogen-bond donors (Lipinski definition) is 1. The summed E-state index contributed by atoms with van der Waals surface area (Å²) in [7, 11) is -2.54. The molecule has 1 aromatic heterocycles. The second-order valence-electron chi connectivity index (χ2n) is 4.14. The van der Waals surface area contributed by atoms with Gasteiger partial charge in [0, 0.05) is 12.3 Å². The molecular formula is C12H10FNO6S. The molecule has 0 atom stereocenters. The molecule has 9 heteroatoms. The van der Waals surface area contributed by atoms with Crippen molar-refractivity contribution in [2.45, 2.75) is 4.90 Å². The molecule has 0 saturated carbocycles. The largest absolute Gasteiger partial charge is 0.495 e. The highest BCUT2D eigenvalue weighted by Crippen LogP contribution is 2.36. The Labute approximate surface area is 118 Å². The van der Waals surface area contributed by atoms with E-state index in [1.54, 1.807) is 0 Å². The third kappa shape index (κ3) is 2.87. The van der Waals surface area contributed by atoms with Crippen LogP contribution < -0.4 is 4.74 Å². The maximum absolute atomic E-state index is 13.6. The van der Waals surface area contributed by atoms with Gasteiger partial charge in [-0.3, -0.25) is 0 Å². The van der Waals surface area contributed by atoms with E-state index in [0.717, 1.165) is 24.5 Å². The van der Waals surface area contributed by atoms with Crippen LogP contribution in [0.15, 0.2) is 27.6 Å². The summed E-state index contributed by atoms with van der Waals surface area (Å²) >= 11 is 0. The van der Waals surface area contributed by atoms with Gasteiger partial charge in [-0.15, -0.1) is 0 Å². The molecule has 0 unspecified atom stereocenters. The van der Waals surface area contributed by atoms with Crippen LogP contribution in [0.5, 0.6) is 5.75 Å². The lowest BCUT2D eigenvalue weighted by Gasteiger charge is -2.11. The molecule has 7 nitrogen and oxygen atoms in total. The van der Waals surface area contributed by atoms with E-state index >= 15 is 0 Å². The topological polar surface area (TPSA) is 107 Å². The van der Waals surface area contributed by atoms with Crippen LogP contribution >= 0.6 is 0 Å². The number of carbonyl (C=O) groups is 1. The summed E-state index contributed by atoms with van der Waals surface area (Å²) in [5.41, 5.74) is -0.0668. The number of hydrogen-bond acceptors (Lipinski definition) is 6. The van der Waals surface area contributed by atoms with Gasteiger partial charge in [-0.25, -0.2) is 17.6 Å². The van der Waals surface area contributed by atoms with Crippen molar-refractivity contribution in [3.63, 3.8) is 0 Å². The molecule has 2 rings (SSSR count). The molecule has 0 aliphatic rings. The standard InChI is InChI=1S/C12H10FNO6S/c1-19-11-7(8-5-9(12(15)16)20-14-8)3-6(13)4-10(11)21(2,17)18/h3-5H,1-2H3,(H,15,16). The lowest BCUT2D eigenvalue weighted by Crippen LogP contribution is -2.03. The van der Waals surface area contributed by atoms with Crippen molar-refractivity contribution in [1.82, 2.24) is 5.16 Å². The number of sulfone groups is 1. The number of benzene rings is 1. The number of aromatic carboxylic acids is 1. The molecule has 0 fully saturated rings. The summed E-state index contributed by atoms with van der Waals surface area (Å²) in [6.07, 6.45) is 0.902. The zero-order valence-electron chi connectivity index (χ0n) is 11.0. The van der Waals surface area contributed by atoms with Crippen LogP contribution in [0.25, 0.3) is 11.3 Å².